The Morgan fingerprint density at radius 1 is 0.667 bits per heavy atom. The SMILES string of the molecule is CN(c1ccccc1)c1ncccc1[NH2+]c1ccccc1-c1ccccc1. The molecule has 0 radical (unpaired) electrons. The van der Waals surface area contributed by atoms with Crippen LogP contribution in [0.1, 0.15) is 0 Å². The summed E-state index contributed by atoms with van der Waals surface area (Å²) in [6.07, 6.45) is 1.84. The topological polar surface area (TPSA) is 32.7 Å². The average Bonchev–Trinajstić information content (AvgIpc) is 2.75. The molecule has 0 aliphatic rings. The van der Waals surface area contributed by atoms with Gasteiger partial charge < -0.3 is 4.90 Å². The maximum absolute atomic E-state index is 4.65. The van der Waals surface area contributed by atoms with Gasteiger partial charge in [-0.25, -0.2) is 4.98 Å². The van der Waals surface area contributed by atoms with Gasteiger partial charge in [0.05, 0.1) is 0 Å². The molecule has 0 unspecified atom stereocenters. The van der Waals surface area contributed by atoms with Crippen molar-refractivity contribution >= 4 is 22.9 Å². The lowest BCUT2D eigenvalue weighted by Gasteiger charge is -2.20. The van der Waals surface area contributed by atoms with Crippen molar-refractivity contribution in [3.05, 3.63) is 103 Å². The number of nitrogens with two attached hydrogens (primary N) is 1. The molecule has 4 aromatic rings. The highest BCUT2D eigenvalue weighted by molar-refractivity contribution is 5.74. The summed E-state index contributed by atoms with van der Waals surface area (Å²) < 4.78 is 0. The first-order chi connectivity index (χ1) is 13.3. The summed E-state index contributed by atoms with van der Waals surface area (Å²) in [5.74, 6) is 0.937. The zero-order valence-corrected chi connectivity index (χ0v) is 15.3. The van der Waals surface area contributed by atoms with Crippen molar-refractivity contribution in [2.45, 2.75) is 0 Å². The lowest BCUT2D eigenvalue weighted by Crippen LogP contribution is -2.71. The number of nitrogens with zero attached hydrogens (tertiary/aromatic N) is 2. The summed E-state index contributed by atoms with van der Waals surface area (Å²) in [6, 6.07) is 33.4. The molecule has 0 fully saturated rings. The predicted molar refractivity (Wildman–Crippen MR) is 112 cm³/mol. The largest absolute Gasteiger partial charge is 0.325 e. The smallest absolute Gasteiger partial charge is 0.195 e. The minimum Gasteiger partial charge on any atom is -0.325 e. The van der Waals surface area contributed by atoms with E-state index in [-0.39, 0.29) is 0 Å². The normalized spacial score (nSPS) is 10.6. The number of rotatable bonds is 5. The van der Waals surface area contributed by atoms with Crippen molar-refractivity contribution in [3.8, 4) is 11.1 Å². The van der Waals surface area contributed by atoms with Crippen molar-refractivity contribution in [1.29, 1.82) is 0 Å². The number of para-hydroxylation sites is 2. The maximum atomic E-state index is 4.65. The standard InChI is InChI=1S/C24H21N3/c1-27(20-13-6-3-7-14-20)24-23(17-10-18-25-24)26-22-16-9-8-15-21(22)19-11-4-2-5-12-19/h2-18,26H,1H3/p+1. The van der Waals surface area contributed by atoms with E-state index in [2.05, 4.69) is 89.0 Å². The Morgan fingerprint density at radius 3 is 2.07 bits per heavy atom. The highest BCUT2D eigenvalue weighted by atomic mass is 15.2. The van der Waals surface area contributed by atoms with E-state index in [1.807, 2.05) is 36.5 Å². The third-order valence-electron chi connectivity index (χ3n) is 4.63. The Hall–Kier alpha value is -3.43. The first-order valence-electron chi connectivity index (χ1n) is 9.06. The van der Waals surface area contributed by atoms with Gasteiger partial charge in [0.1, 0.15) is 5.69 Å². The lowest BCUT2D eigenvalue weighted by atomic mass is 10.0. The number of anilines is 2. The molecule has 0 atom stereocenters. The molecule has 4 rings (SSSR count). The summed E-state index contributed by atoms with van der Waals surface area (Å²) in [4.78, 5) is 6.77. The molecule has 0 saturated heterocycles. The molecule has 0 aliphatic carbocycles. The molecule has 0 amide bonds. The monoisotopic (exact) mass is 352 g/mol. The van der Waals surface area contributed by atoms with Gasteiger partial charge in [0.2, 0.25) is 0 Å². The number of hydrogen-bond acceptors (Lipinski definition) is 2. The molecule has 3 nitrogen and oxygen atoms in total. The van der Waals surface area contributed by atoms with Crippen LogP contribution in [0.25, 0.3) is 11.1 Å². The van der Waals surface area contributed by atoms with Crippen LogP contribution in [-0.2, 0) is 0 Å². The Bertz CT molecular complexity index is 1010. The molecule has 27 heavy (non-hydrogen) atoms. The van der Waals surface area contributed by atoms with E-state index in [0.29, 0.717) is 0 Å². The lowest BCUT2D eigenvalue weighted by molar-refractivity contribution is -0.477. The molecule has 2 N–H and O–H groups in total. The van der Waals surface area contributed by atoms with Gasteiger partial charge in [0.25, 0.3) is 0 Å². The molecule has 0 saturated carbocycles. The Labute approximate surface area is 159 Å². The number of pyridine rings is 1. The van der Waals surface area contributed by atoms with Gasteiger partial charge in [-0.3, -0.25) is 5.32 Å². The zero-order chi connectivity index (χ0) is 18.5. The molecule has 0 bridgehead atoms. The van der Waals surface area contributed by atoms with Gasteiger partial charge in [-0.1, -0.05) is 60.7 Å². The van der Waals surface area contributed by atoms with E-state index in [4.69, 9.17) is 0 Å². The number of quaternary nitrogens is 1. The van der Waals surface area contributed by atoms with Crippen LogP contribution in [0.3, 0.4) is 0 Å². The Balaban J connectivity index is 1.71. The minimum atomic E-state index is 0.937. The molecule has 132 valence electrons. The second-order valence-corrected chi connectivity index (χ2v) is 6.41. The van der Waals surface area contributed by atoms with E-state index < -0.39 is 0 Å². The van der Waals surface area contributed by atoms with Crippen molar-refractivity contribution in [2.75, 3.05) is 11.9 Å². The van der Waals surface area contributed by atoms with Crippen LogP contribution in [-0.4, -0.2) is 12.0 Å². The van der Waals surface area contributed by atoms with Crippen LogP contribution in [0, 0.1) is 0 Å². The molecule has 0 spiro atoms. The fourth-order valence-corrected chi connectivity index (χ4v) is 3.25. The summed E-state index contributed by atoms with van der Waals surface area (Å²) in [6.45, 7) is 0. The van der Waals surface area contributed by atoms with Gasteiger partial charge in [-0.2, -0.15) is 0 Å². The summed E-state index contributed by atoms with van der Waals surface area (Å²) in [5, 5.41) is 2.21. The number of benzene rings is 3. The van der Waals surface area contributed by atoms with Crippen molar-refractivity contribution < 1.29 is 5.32 Å². The third-order valence-corrected chi connectivity index (χ3v) is 4.63. The van der Waals surface area contributed by atoms with Gasteiger partial charge >= 0.3 is 0 Å². The molecule has 1 heterocycles. The first kappa shape index (κ1) is 17.0. The van der Waals surface area contributed by atoms with Crippen molar-refractivity contribution in [3.63, 3.8) is 0 Å². The van der Waals surface area contributed by atoms with Gasteiger partial charge in [0, 0.05) is 36.6 Å². The van der Waals surface area contributed by atoms with E-state index in [0.717, 1.165) is 17.2 Å². The van der Waals surface area contributed by atoms with Crippen LogP contribution < -0.4 is 10.2 Å². The molecule has 3 aromatic carbocycles. The molecular weight excluding hydrogens is 330 g/mol. The molecule has 0 aliphatic heterocycles. The highest BCUT2D eigenvalue weighted by Gasteiger charge is 2.16. The van der Waals surface area contributed by atoms with E-state index in [1.54, 1.807) is 0 Å². The van der Waals surface area contributed by atoms with Crippen molar-refractivity contribution in [2.24, 2.45) is 0 Å². The summed E-state index contributed by atoms with van der Waals surface area (Å²) >= 11 is 0. The zero-order valence-electron chi connectivity index (χ0n) is 15.3. The van der Waals surface area contributed by atoms with Gasteiger partial charge in [0.15, 0.2) is 11.5 Å². The number of hydrogen-bond donors (Lipinski definition) is 1. The molecular formula is C24H22N3+. The van der Waals surface area contributed by atoms with Crippen LogP contribution in [0.5, 0.6) is 0 Å². The van der Waals surface area contributed by atoms with Crippen LogP contribution in [0.15, 0.2) is 103 Å². The molecule has 3 heteroatoms. The predicted octanol–water partition coefficient (Wildman–Crippen LogP) is 5.04. The van der Waals surface area contributed by atoms with Crippen LogP contribution in [0.2, 0.25) is 0 Å². The highest BCUT2D eigenvalue weighted by Crippen LogP contribution is 2.28. The van der Waals surface area contributed by atoms with E-state index in [1.165, 1.54) is 16.8 Å². The second-order valence-electron chi connectivity index (χ2n) is 6.41. The number of aromatic nitrogens is 1. The minimum absolute atomic E-state index is 0.937. The van der Waals surface area contributed by atoms with Crippen LogP contribution in [0.4, 0.5) is 22.9 Å². The average molecular weight is 352 g/mol. The fourth-order valence-electron chi connectivity index (χ4n) is 3.25. The molecule has 1 aromatic heterocycles. The summed E-state index contributed by atoms with van der Waals surface area (Å²) in [7, 11) is 2.05. The fraction of sp³-hybridized carbons (Fsp3) is 0.0417. The quantitative estimate of drug-likeness (QED) is 0.510. The van der Waals surface area contributed by atoms with Gasteiger partial charge in [-0.15, -0.1) is 0 Å². The Morgan fingerprint density at radius 2 is 1.30 bits per heavy atom. The third kappa shape index (κ3) is 3.73. The first-order valence-corrected chi connectivity index (χ1v) is 9.06. The van der Waals surface area contributed by atoms with E-state index >= 15 is 0 Å². The maximum Gasteiger partial charge on any atom is 0.195 e. The van der Waals surface area contributed by atoms with E-state index in [9.17, 15) is 0 Å². The Kier molecular flexibility index (Phi) is 4.95. The van der Waals surface area contributed by atoms with Gasteiger partial charge in [-0.05, 0) is 29.8 Å². The second kappa shape index (κ2) is 7.85. The summed E-state index contributed by atoms with van der Waals surface area (Å²) in [5.41, 5.74) is 5.82. The van der Waals surface area contributed by atoms with Crippen LogP contribution >= 0.6 is 0 Å². The van der Waals surface area contributed by atoms with Crippen molar-refractivity contribution in [1.82, 2.24) is 4.98 Å².